The van der Waals surface area contributed by atoms with Gasteiger partial charge in [0, 0.05) is 49.4 Å². The summed E-state index contributed by atoms with van der Waals surface area (Å²) in [6, 6.07) is 28.8. The van der Waals surface area contributed by atoms with E-state index in [2.05, 4.69) is 75.4 Å². The maximum atomic E-state index is 12.6. The summed E-state index contributed by atoms with van der Waals surface area (Å²) in [7, 11) is 0. The van der Waals surface area contributed by atoms with E-state index in [1.54, 1.807) is 0 Å². The van der Waals surface area contributed by atoms with Crippen molar-refractivity contribution in [2.24, 2.45) is 0 Å². The molecular formula is C35H30IrN4O-2. The van der Waals surface area contributed by atoms with Gasteiger partial charge < -0.3 is 8.97 Å². The third kappa shape index (κ3) is 4.75. The molecule has 0 aliphatic heterocycles. The normalized spacial score (nSPS) is 17.0. The van der Waals surface area contributed by atoms with Crippen LogP contribution in [0.1, 0.15) is 59.9 Å². The Morgan fingerprint density at radius 2 is 1.59 bits per heavy atom. The predicted molar refractivity (Wildman–Crippen MR) is 159 cm³/mol. The van der Waals surface area contributed by atoms with E-state index in [0.29, 0.717) is 11.8 Å². The first-order valence-corrected chi connectivity index (χ1v) is 14.0. The van der Waals surface area contributed by atoms with E-state index in [1.807, 2.05) is 54.9 Å². The maximum absolute atomic E-state index is 12.6. The minimum absolute atomic E-state index is 0. The fraction of sp³-hybridized carbons (Fsp3) is 0.229. The number of para-hydroxylation sites is 1. The molecule has 3 aromatic carbocycles. The molecule has 207 valence electrons. The van der Waals surface area contributed by atoms with Crippen molar-refractivity contribution < 1.29 is 20.1 Å². The third-order valence-electron chi connectivity index (χ3n) is 8.51. The first-order valence-electron chi connectivity index (χ1n) is 14.0. The number of aromatic nitrogens is 4. The molecule has 0 atom stereocenters. The van der Waals surface area contributed by atoms with Crippen LogP contribution in [0.3, 0.4) is 0 Å². The first-order chi connectivity index (χ1) is 19.6. The summed E-state index contributed by atoms with van der Waals surface area (Å²) in [4.78, 5) is 21.5. The van der Waals surface area contributed by atoms with E-state index >= 15 is 0 Å². The monoisotopic (exact) mass is 715 g/mol. The van der Waals surface area contributed by atoms with Gasteiger partial charge in [-0.25, -0.2) is 4.98 Å². The van der Waals surface area contributed by atoms with Crippen molar-refractivity contribution in [2.75, 3.05) is 0 Å². The van der Waals surface area contributed by atoms with Crippen LogP contribution >= 0.6 is 0 Å². The topological polar surface area (TPSA) is 52.2 Å². The van der Waals surface area contributed by atoms with E-state index in [-0.39, 0.29) is 25.7 Å². The molecule has 0 saturated heterocycles. The van der Waals surface area contributed by atoms with Gasteiger partial charge in [0.1, 0.15) is 0 Å². The quantitative estimate of drug-likeness (QED) is 0.139. The van der Waals surface area contributed by atoms with E-state index in [1.165, 1.54) is 35.3 Å². The van der Waals surface area contributed by atoms with Gasteiger partial charge in [-0.1, -0.05) is 24.3 Å². The Morgan fingerprint density at radius 1 is 0.829 bits per heavy atom. The van der Waals surface area contributed by atoms with Crippen LogP contribution in [0.5, 0.6) is 0 Å². The van der Waals surface area contributed by atoms with E-state index < -0.39 is 0 Å². The van der Waals surface area contributed by atoms with Crippen molar-refractivity contribution >= 4 is 16.4 Å². The van der Waals surface area contributed by atoms with Crippen molar-refractivity contribution in [2.45, 2.75) is 51.4 Å². The van der Waals surface area contributed by atoms with Crippen LogP contribution < -0.4 is 5.56 Å². The van der Waals surface area contributed by atoms with Crippen LogP contribution in [0.2, 0.25) is 0 Å². The smallest absolute Gasteiger partial charge is 0.267 e. The minimum atomic E-state index is -0.0100. The molecule has 0 spiro atoms. The van der Waals surface area contributed by atoms with E-state index in [9.17, 15) is 4.79 Å². The van der Waals surface area contributed by atoms with Crippen LogP contribution in [-0.4, -0.2) is 18.9 Å². The van der Waals surface area contributed by atoms with Crippen molar-refractivity contribution in [3.05, 3.63) is 130 Å². The molecule has 1 fully saturated rings. The molecule has 1 radical (unpaired) electrons. The Kier molecular flexibility index (Phi) is 7.46. The van der Waals surface area contributed by atoms with Gasteiger partial charge in [0.05, 0.1) is 11.5 Å². The molecule has 6 aromatic rings. The summed E-state index contributed by atoms with van der Waals surface area (Å²) in [6.45, 7) is 4.25. The molecule has 1 saturated carbocycles. The standard InChI is InChI=1S/C18H15N2O.C17H15N2.Ir/c21-18-15-12-5-7-13(8-6-12)16(15)20-10-9-11-3-1-2-4-14(11)17(20)19-18;1-13-7-6-8-14(2)16(13)19-12-11-18-17(19)15-9-4-3-5-10-15;/h1-3,9-10,12-13H,5-8H2;3-9,11-12H,1-2H3;/q2*-1;. The number of nitrogens with zero attached hydrogens (tertiary/aromatic N) is 4. The van der Waals surface area contributed by atoms with Crippen LogP contribution in [0.25, 0.3) is 33.5 Å². The molecule has 3 aliphatic carbocycles. The molecule has 0 N–H and O–H groups in total. The second-order valence-electron chi connectivity index (χ2n) is 10.9. The zero-order valence-corrected chi connectivity index (χ0v) is 25.5. The van der Waals surface area contributed by atoms with Gasteiger partial charge in [-0.3, -0.25) is 9.78 Å². The molecule has 3 aromatic heterocycles. The Balaban J connectivity index is 0.000000145. The van der Waals surface area contributed by atoms with Crippen LogP contribution in [0, 0.1) is 26.0 Å². The molecule has 0 amide bonds. The van der Waals surface area contributed by atoms with Crippen molar-refractivity contribution in [1.29, 1.82) is 0 Å². The number of benzene rings is 3. The summed E-state index contributed by atoms with van der Waals surface area (Å²) in [6.07, 6.45) is 10.6. The SMILES string of the molecule is Cc1cccc(C)c1-n1ccnc1-c1[c-]cccc1.O=c1nc2c3[c-]cccc3ccn2c2c1C1CCC2CC1.[Ir]. The van der Waals surface area contributed by atoms with Crippen LogP contribution in [-0.2, 0) is 20.1 Å². The number of hydrogen-bond donors (Lipinski definition) is 0. The zero-order chi connectivity index (χ0) is 27.2. The van der Waals surface area contributed by atoms with Gasteiger partial charge >= 0.3 is 0 Å². The van der Waals surface area contributed by atoms with Gasteiger partial charge in [0.2, 0.25) is 0 Å². The fourth-order valence-corrected chi connectivity index (χ4v) is 6.69. The molecule has 0 unspecified atom stereocenters. The summed E-state index contributed by atoms with van der Waals surface area (Å²) in [5, 5.41) is 2.03. The van der Waals surface area contributed by atoms with Crippen molar-refractivity contribution in [1.82, 2.24) is 18.9 Å². The maximum Gasteiger partial charge on any atom is 0.267 e. The Labute approximate surface area is 253 Å². The number of rotatable bonds is 2. The fourth-order valence-electron chi connectivity index (χ4n) is 6.69. The first kappa shape index (κ1) is 27.3. The number of hydrogen-bond acceptors (Lipinski definition) is 3. The Bertz CT molecular complexity index is 1900. The number of imidazole rings is 1. The molecule has 9 rings (SSSR count). The van der Waals surface area contributed by atoms with Crippen molar-refractivity contribution in [3.8, 4) is 17.1 Å². The summed E-state index contributed by atoms with van der Waals surface area (Å²) >= 11 is 0. The minimum Gasteiger partial charge on any atom is -0.345 e. The molecule has 2 bridgehead atoms. The van der Waals surface area contributed by atoms with Gasteiger partial charge in [-0.2, -0.15) is 0 Å². The average Bonchev–Trinajstić information content (AvgIpc) is 3.48. The van der Waals surface area contributed by atoms with Crippen molar-refractivity contribution in [3.63, 3.8) is 0 Å². The predicted octanol–water partition coefficient (Wildman–Crippen LogP) is 7.36. The zero-order valence-electron chi connectivity index (χ0n) is 23.1. The number of aryl methyl sites for hydroxylation is 2. The molecule has 6 heteroatoms. The molecular weight excluding hydrogens is 685 g/mol. The molecule has 3 aliphatic rings. The molecule has 41 heavy (non-hydrogen) atoms. The van der Waals surface area contributed by atoms with E-state index in [4.69, 9.17) is 0 Å². The van der Waals surface area contributed by atoms with Gasteiger partial charge in [-0.15, -0.1) is 70.9 Å². The summed E-state index contributed by atoms with van der Waals surface area (Å²) in [5.74, 6) is 1.88. The van der Waals surface area contributed by atoms with E-state index in [0.717, 1.165) is 46.2 Å². The summed E-state index contributed by atoms with van der Waals surface area (Å²) < 4.78 is 4.29. The second kappa shape index (κ2) is 11.2. The van der Waals surface area contributed by atoms with Crippen LogP contribution in [0.15, 0.2) is 90.1 Å². The molecule has 5 nitrogen and oxygen atoms in total. The number of pyridine rings is 1. The van der Waals surface area contributed by atoms with Gasteiger partial charge in [0.15, 0.2) is 0 Å². The Morgan fingerprint density at radius 3 is 2.34 bits per heavy atom. The largest absolute Gasteiger partial charge is 0.345 e. The second-order valence-corrected chi connectivity index (χ2v) is 10.9. The van der Waals surface area contributed by atoms with Gasteiger partial charge in [-0.05, 0) is 68.7 Å². The average molecular weight is 715 g/mol. The van der Waals surface area contributed by atoms with Gasteiger partial charge in [0.25, 0.3) is 5.56 Å². The molecule has 3 heterocycles. The summed E-state index contributed by atoms with van der Waals surface area (Å²) in [5.41, 5.74) is 7.68. The van der Waals surface area contributed by atoms with Crippen LogP contribution in [0.4, 0.5) is 0 Å². The Hall–Kier alpha value is -3.86. The third-order valence-corrected chi connectivity index (χ3v) is 8.51. The number of fused-ring (bicyclic) bond motifs is 5.